The first-order valence-corrected chi connectivity index (χ1v) is 12.1. The summed E-state index contributed by atoms with van der Waals surface area (Å²) in [5.74, 6) is 0.167. The van der Waals surface area contributed by atoms with Gasteiger partial charge in [-0.3, -0.25) is 0 Å². The van der Waals surface area contributed by atoms with Crippen LogP contribution in [0, 0.1) is 5.82 Å². The number of rotatable bonds is 9. The van der Waals surface area contributed by atoms with Gasteiger partial charge in [0.1, 0.15) is 5.82 Å². The average molecular weight is 455 g/mol. The third-order valence-electron chi connectivity index (χ3n) is 5.68. The summed E-state index contributed by atoms with van der Waals surface area (Å²) in [5, 5.41) is 0. The predicted octanol–water partition coefficient (Wildman–Crippen LogP) is 4.11. The van der Waals surface area contributed by atoms with Crippen molar-refractivity contribution < 1.29 is 12.8 Å². The van der Waals surface area contributed by atoms with Crippen LogP contribution >= 0.6 is 12.4 Å². The number of nitrogens with two attached hydrogens (primary N) is 1. The van der Waals surface area contributed by atoms with Crippen LogP contribution in [-0.2, 0) is 29.3 Å². The summed E-state index contributed by atoms with van der Waals surface area (Å²) in [6.07, 6.45) is 4.94. The minimum absolute atomic E-state index is 0. The lowest BCUT2D eigenvalue weighted by Gasteiger charge is -2.32. The zero-order chi connectivity index (χ0) is 20.9. The molecule has 4 nitrogen and oxygen atoms in total. The van der Waals surface area contributed by atoms with E-state index in [4.69, 9.17) is 5.73 Å². The van der Waals surface area contributed by atoms with Gasteiger partial charge in [-0.25, -0.2) is 17.5 Å². The largest absolute Gasteiger partial charge is 0.327 e. The molecule has 0 bridgehead atoms. The summed E-state index contributed by atoms with van der Waals surface area (Å²) >= 11 is 0. The standard InChI is InChI=1S/C23H31FN2O2S.ClH/c1-2-14-29(27,28)26-13-3-4-17-5-8-19-9-12-23(25)22(21(19)15-17)16-18-6-10-20(24)11-7-18;/h5-8,10-11,15,22-23,26H,2-4,9,12-14,16,25H2,1H3;1H. The summed E-state index contributed by atoms with van der Waals surface area (Å²) in [4.78, 5) is 0. The van der Waals surface area contributed by atoms with Crippen molar-refractivity contribution in [2.24, 2.45) is 5.73 Å². The first-order chi connectivity index (χ1) is 13.9. The van der Waals surface area contributed by atoms with E-state index in [1.165, 1.54) is 28.8 Å². The van der Waals surface area contributed by atoms with E-state index in [9.17, 15) is 12.8 Å². The molecule has 3 rings (SSSR count). The number of hydrogen-bond donors (Lipinski definition) is 2. The zero-order valence-corrected chi connectivity index (χ0v) is 19.1. The third kappa shape index (κ3) is 6.77. The molecule has 1 aliphatic rings. The highest BCUT2D eigenvalue weighted by molar-refractivity contribution is 7.89. The highest BCUT2D eigenvalue weighted by atomic mass is 35.5. The van der Waals surface area contributed by atoms with Crippen molar-refractivity contribution in [2.75, 3.05) is 12.3 Å². The molecule has 30 heavy (non-hydrogen) atoms. The van der Waals surface area contributed by atoms with Crippen molar-refractivity contribution in [3.05, 3.63) is 70.5 Å². The second-order valence-corrected chi connectivity index (χ2v) is 9.92. The SMILES string of the molecule is CCCS(=O)(=O)NCCCc1ccc2c(c1)C(Cc1ccc(F)cc1)C(N)CC2.Cl. The van der Waals surface area contributed by atoms with Crippen molar-refractivity contribution >= 4 is 22.4 Å². The third-order valence-corrected chi connectivity index (χ3v) is 7.27. The molecule has 0 amide bonds. The van der Waals surface area contributed by atoms with Crippen LogP contribution in [0.1, 0.15) is 54.4 Å². The zero-order valence-electron chi connectivity index (χ0n) is 17.4. The molecule has 0 fully saturated rings. The smallest absolute Gasteiger partial charge is 0.211 e. The monoisotopic (exact) mass is 454 g/mol. The number of fused-ring (bicyclic) bond motifs is 1. The summed E-state index contributed by atoms with van der Waals surface area (Å²) in [5.41, 5.74) is 11.4. The number of sulfonamides is 1. The fourth-order valence-electron chi connectivity index (χ4n) is 4.12. The Balaban J connectivity index is 0.00000320. The van der Waals surface area contributed by atoms with Crippen molar-refractivity contribution in [1.29, 1.82) is 0 Å². The maximum Gasteiger partial charge on any atom is 0.211 e. The molecule has 1 aliphatic carbocycles. The van der Waals surface area contributed by atoms with Crippen LogP contribution in [0.3, 0.4) is 0 Å². The highest BCUT2D eigenvalue weighted by Crippen LogP contribution is 2.34. The van der Waals surface area contributed by atoms with Gasteiger partial charge < -0.3 is 5.73 Å². The van der Waals surface area contributed by atoms with Gasteiger partial charge in [-0.15, -0.1) is 12.4 Å². The fraction of sp³-hybridized carbons (Fsp3) is 0.478. The molecule has 2 aromatic rings. The van der Waals surface area contributed by atoms with Gasteiger partial charge in [0, 0.05) is 18.5 Å². The molecule has 0 radical (unpaired) electrons. The Labute approximate surface area is 185 Å². The second-order valence-electron chi connectivity index (χ2n) is 7.99. The molecule has 2 aromatic carbocycles. The Hall–Kier alpha value is -1.47. The molecular formula is C23H32ClFN2O2S. The summed E-state index contributed by atoms with van der Waals surface area (Å²) in [6.45, 7) is 2.32. The fourth-order valence-corrected chi connectivity index (χ4v) is 5.26. The van der Waals surface area contributed by atoms with Crippen molar-refractivity contribution in [3.8, 4) is 0 Å². The van der Waals surface area contributed by atoms with Crippen molar-refractivity contribution in [3.63, 3.8) is 0 Å². The van der Waals surface area contributed by atoms with Gasteiger partial charge in [0.05, 0.1) is 5.75 Å². The highest BCUT2D eigenvalue weighted by Gasteiger charge is 2.27. The minimum Gasteiger partial charge on any atom is -0.327 e. The van der Waals surface area contributed by atoms with E-state index in [2.05, 4.69) is 22.9 Å². The molecule has 2 unspecified atom stereocenters. The van der Waals surface area contributed by atoms with Crippen molar-refractivity contribution in [2.45, 2.75) is 57.4 Å². The Bertz CT molecular complexity index is 919. The van der Waals surface area contributed by atoms with Crippen LogP contribution in [0.25, 0.3) is 0 Å². The summed E-state index contributed by atoms with van der Waals surface area (Å²) < 4.78 is 39.4. The summed E-state index contributed by atoms with van der Waals surface area (Å²) in [7, 11) is -3.15. The maximum absolute atomic E-state index is 13.2. The van der Waals surface area contributed by atoms with Crippen LogP contribution in [0.15, 0.2) is 42.5 Å². The van der Waals surface area contributed by atoms with Crippen LogP contribution in [0.5, 0.6) is 0 Å². The van der Waals surface area contributed by atoms with E-state index in [0.717, 1.165) is 37.7 Å². The van der Waals surface area contributed by atoms with Gasteiger partial charge in [0.2, 0.25) is 10.0 Å². The van der Waals surface area contributed by atoms with Gasteiger partial charge in [-0.2, -0.15) is 0 Å². The quantitative estimate of drug-likeness (QED) is 0.560. The van der Waals surface area contributed by atoms with Gasteiger partial charge in [-0.1, -0.05) is 37.3 Å². The molecule has 0 saturated carbocycles. The summed E-state index contributed by atoms with van der Waals surface area (Å²) in [6, 6.07) is 13.3. The molecule has 0 aromatic heterocycles. The number of nitrogens with one attached hydrogen (secondary N) is 1. The number of aryl methyl sites for hydroxylation is 2. The molecule has 2 atom stereocenters. The Morgan fingerprint density at radius 1 is 1.13 bits per heavy atom. The molecule has 166 valence electrons. The second kappa shape index (κ2) is 11.2. The van der Waals surface area contributed by atoms with Crippen molar-refractivity contribution in [1.82, 2.24) is 4.72 Å². The van der Waals surface area contributed by atoms with Gasteiger partial charge in [0.25, 0.3) is 0 Å². The van der Waals surface area contributed by atoms with Crippen LogP contribution < -0.4 is 10.5 Å². The lowest BCUT2D eigenvalue weighted by atomic mass is 9.76. The molecule has 3 N–H and O–H groups in total. The lowest BCUT2D eigenvalue weighted by molar-refractivity contribution is 0.467. The first-order valence-electron chi connectivity index (χ1n) is 10.5. The predicted molar refractivity (Wildman–Crippen MR) is 123 cm³/mol. The topological polar surface area (TPSA) is 72.2 Å². The van der Waals surface area contributed by atoms with Gasteiger partial charge in [0.15, 0.2) is 0 Å². The molecule has 0 heterocycles. The number of benzene rings is 2. The minimum atomic E-state index is -3.15. The maximum atomic E-state index is 13.2. The van der Waals surface area contributed by atoms with E-state index >= 15 is 0 Å². The molecule has 0 spiro atoms. The van der Waals surface area contributed by atoms with E-state index in [1.54, 1.807) is 0 Å². The van der Waals surface area contributed by atoms with Crippen LogP contribution in [0.4, 0.5) is 4.39 Å². The first kappa shape index (κ1) is 24.8. The Morgan fingerprint density at radius 3 is 2.53 bits per heavy atom. The number of halogens is 2. The normalized spacial score (nSPS) is 18.5. The van der Waals surface area contributed by atoms with E-state index < -0.39 is 10.0 Å². The Morgan fingerprint density at radius 2 is 1.83 bits per heavy atom. The van der Waals surface area contributed by atoms with Gasteiger partial charge >= 0.3 is 0 Å². The Kier molecular flexibility index (Phi) is 9.29. The molecule has 0 aliphatic heterocycles. The molecular weight excluding hydrogens is 423 g/mol. The lowest BCUT2D eigenvalue weighted by Crippen LogP contribution is -2.34. The van der Waals surface area contributed by atoms with E-state index in [1.807, 2.05) is 19.1 Å². The number of hydrogen-bond acceptors (Lipinski definition) is 3. The van der Waals surface area contributed by atoms with E-state index in [-0.39, 0.29) is 35.9 Å². The molecule has 7 heteroatoms. The van der Waals surface area contributed by atoms with E-state index in [0.29, 0.717) is 13.0 Å². The average Bonchev–Trinajstić information content (AvgIpc) is 2.69. The van der Waals surface area contributed by atoms with Crippen LogP contribution in [0.2, 0.25) is 0 Å². The molecule has 0 saturated heterocycles. The van der Waals surface area contributed by atoms with Gasteiger partial charge in [-0.05, 0) is 72.9 Å². The van der Waals surface area contributed by atoms with Crippen LogP contribution in [-0.4, -0.2) is 26.8 Å².